The van der Waals surface area contributed by atoms with Gasteiger partial charge in [-0.2, -0.15) is 4.31 Å². The summed E-state index contributed by atoms with van der Waals surface area (Å²) in [7, 11) is 0.854. The van der Waals surface area contributed by atoms with E-state index in [4.69, 9.17) is 0 Å². The summed E-state index contributed by atoms with van der Waals surface area (Å²) in [6.45, 7) is -0.197. The number of hydrogen-bond donors (Lipinski definition) is 2. The molecule has 8 heteroatoms. The van der Waals surface area contributed by atoms with E-state index in [-0.39, 0.29) is 23.1 Å². The van der Waals surface area contributed by atoms with Crippen LogP contribution in [0.2, 0.25) is 0 Å². The van der Waals surface area contributed by atoms with Gasteiger partial charge in [0.1, 0.15) is 10.6 Å². The fourth-order valence-corrected chi connectivity index (χ4v) is 4.22. The number of aliphatic hydroxyl groups is 1. The maximum Gasteiger partial charge on any atom is 0.267 e. The van der Waals surface area contributed by atoms with Crippen LogP contribution in [-0.2, 0) is 17.1 Å². The number of aryl methyl sites for hydroxylation is 1. The third kappa shape index (κ3) is 2.47. The van der Waals surface area contributed by atoms with E-state index in [0.29, 0.717) is 12.8 Å². The molecule has 1 aliphatic rings. The van der Waals surface area contributed by atoms with Crippen molar-refractivity contribution in [1.29, 1.82) is 0 Å². The maximum absolute atomic E-state index is 12.7. The number of aromatic nitrogens is 1. The number of hydrogen-bond acceptors (Lipinski definition) is 4. The molecule has 1 heterocycles. The SMILES string of the molecule is CNC(=O)c1cc(S(=O)(=O)N(C)C2(CO)CCC2)cn1C. The third-order valence-electron chi connectivity index (χ3n) is 4.34. The van der Waals surface area contributed by atoms with Crippen LogP contribution in [0, 0.1) is 0 Å². The number of likely N-dealkylation sites (N-methyl/N-ethyl adjacent to an activating group) is 1. The Morgan fingerprint density at radius 1 is 1.52 bits per heavy atom. The monoisotopic (exact) mass is 315 g/mol. The first-order valence-corrected chi connectivity index (χ1v) is 8.21. The lowest BCUT2D eigenvalue weighted by Gasteiger charge is -2.46. The summed E-state index contributed by atoms with van der Waals surface area (Å²) < 4.78 is 28.1. The summed E-state index contributed by atoms with van der Waals surface area (Å²) in [6, 6.07) is 1.36. The molecule has 2 rings (SSSR count). The molecule has 0 atom stereocenters. The molecule has 1 fully saturated rings. The molecule has 0 spiro atoms. The molecule has 1 aliphatic carbocycles. The van der Waals surface area contributed by atoms with Crippen molar-refractivity contribution in [2.45, 2.75) is 29.7 Å². The fraction of sp³-hybridized carbons (Fsp3) is 0.615. The highest BCUT2D eigenvalue weighted by molar-refractivity contribution is 7.89. The first kappa shape index (κ1) is 16.0. The zero-order chi connectivity index (χ0) is 15.8. The standard InChI is InChI=1S/C13H21N3O4S/c1-14-12(18)11-7-10(8-15(11)2)21(19,20)16(3)13(9-17)5-4-6-13/h7-8,17H,4-6,9H2,1-3H3,(H,14,18). The molecule has 0 unspecified atom stereocenters. The van der Waals surface area contributed by atoms with E-state index in [9.17, 15) is 18.3 Å². The third-order valence-corrected chi connectivity index (χ3v) is 6.27. The number of carbonyl (C=O) groups is 1. The van der Waals surface area contributed by atoms with Crippen LogP contribution in [0.1, 0.15) is 29.8 Å². The Kier molecular flexibility index (Phi) is 4.14. The van der Waals surface area contributed by atoms with Gasteiger partial charge < -0.3 is 15.0 Å². The molecule has 118 valence electrons. The lowest BCUT2D eigenvalue weighted by atomic mass is 9.77. The van der Waals surface area contributed by atoms with Crippen LogP contribution in [0.3, 0.4) is 0 Å². The van der Waals surface area contributed by atoms with Gasteiger partial charge in [0.15, 0.2) is 0 Å². The van der Waals surface area contributed by atoms with Crippen molar-refractivity contribution in [3.05, 3.63) is 18.0 Å². The smallest absolute Gasteiger partial charge is 0.267 e. The lowest BCUT2D eigenvalue weighted by Crippen LogP contribution is -2.56. The molecular formula is C13H21N3O4S. The van der Waals surface area contributed by atoms with Gasteiger partial charge in [-0.25, -0.2) is 8.42 Å². The molecule has 21 heavy (non-hydrogen) atoms. The average Bonchev–Trinajstić information content (AvgIpc) is 2.80. The molecule has 1 amide bonds. The van der Waals surface area contributed by atoms with Crippen LogP contribution < -0.4 is 5.32 Å². The number of nitrogens with one attached hydrogen (secondary N) is 1. The van der Waals surface area contributed by atoms with Crippen LogP contribution in [0.5, 0.6) is 0 Å². The molecule has 0 aliphatic heterocycles. The summed E-state index contributed by atoms with van der Waals surface area (Å²) in [5, 5.41) is 12.0. The van der Waals surface area contributed by atoms with Crippen molar-refractivity contribution < 1.29 is 18.3 Å². The van der Waals surface area contributed by atoms with Crippen molar-refractivity contribution in [2.75, 3.05) is 20.7 Å². The second kappa shape index (κ2) is 5.43. The Bertz CT molecular complexity index is 641. The highest BCUT2D eigenvalue weighted by Gasteiger charge is 2.46. The molecule has 1 aromatic rings. The van der Waals surface area contributed by atoms with Gasteiger partial charge in [0.25, 0.3) is 5.91 Å². The van der Waals surface area contributed by atoms with Gasteiger partial charge >= 0.3 is 0 Å². The molecule has 1 aromatic heterocycles. The molecule has 0 saturated heterocycles. The molecule has 0 aromatic carbocycles. The van der Waals surface area contributed by atoms with Crippen LogP contribution in [-0.4, -0.2) is 54.5 Å². The summed E-state index contributed by atoms with van der Waals surface area (Å²) in [6.07, 6.45) is 3.61. The van der Waals surface area contributed by atoms with Gasteiger partial charge in [-0.05, 0) is 25.3 Å². The number of aliphatic hydroxyl groups excluding tert-OH is 1. The number of amides is 1. The van der Waals surface area contributed by atoms with E-state index in [2.05, 4.69) is 5.32 Å². The number of nitrogens with zero attached hydrogens (tertiary/aromatic N) is 2. The normalized spacial score (nSPS) is 17.6. The first-order chi connectivity index (χ1) is 9.78. The van der Waals surface area contributed by atoms with Gasteiger partial charge in [0.05, 0.1) is 12.1 Å². The summed E-state index contributed by atoms with van der Waals surface area (Å²) in [4.78, 5) is 11.7. The van der Waals surface area contributed by atoms with E-state index >= 15 is 0 Å². The fourth-order valence-electron chi connectivity index (χ4n) is 2.60. The zero-order valence-corrected chi connectivity index (χ0v) is 13.3. The van der Waals surface area contributed by atoms with Gasteiger partial charge in [-0.15, -0.1) is 0 Å². The Labute approximate surface area is 124 Å². The highest BCUT2D eigenvalue weighted by atomic mass is 32.2. The van der Waals surface area contributed by atoms with Gasteiger partial charge in [-0.1, -0.05) is 0 Å². The van der Waals surface area contributed by atoms with E-state index in [0.717, 1.165) is 6.42 Å². The van der Waals surface area contributed by atoms with Gasteiger partial charge in [0, 0.05) is 27.3 Å². The number of rotatable bonds is 5. The summed E-state index contributed by atoms with van der Waals surface area (Å²) >= 11 is 0. The Hall–Kier alpha value is -1.38. The second-order valence-electron chi connectivity index (χ2n) is 5.46. The Balaban J connectivity index is 2.38. The van der Waals surface area contributed by atoms with Gasteiger partial charge in [-0.3, -0.25) is 4.79 Å². The highest BCUT2D eigenvalue weighted by Crippen LogP contribution is 2.39. The minimum Gasteiger partial charge on any atom is -0.394 e. The second-order valence-corrected chi connectivity index (χ2v) is 7.43. The Morgan fingerprint density at radius 3 is 2.57 bits per heavy atom. The zero-order valence-electron chi connectivity index (χ0n) is 12.5. The summed E-state index contributed by atoms with van der Waals surface area (Å²) in [5.41, 5.74) is -0.432. The van der Waals surface area contributed by atoms with Gasteiger partial charge in [0.2, 0.25) is 10.0 Å². The lowest BCUT2D eigenvalue weighted by molar-refractivity contribution is 0.0370. The van der Waals surface area contributed by atoms with E-state index in [1.807, 2.05) is 0 Å². The van der Waals surface area contributed by atoms with E-state index in [1.165, 1.54) is 35.2 Å². The molecule has 0 radical (unpaired) electrons. The van der Waals surface area contributed by atoms with E-state index in [1.54, 1.807) is 7.05 Å². The molecular weight excluding hydrogens is 294 g/mol. The first-order valence-electron chi connectivity index (χ1n) is 6.77. The summed E-state index contributed by atoms with van der Waals surface area (Å²) in [5.74, 6) is -0.345. The minimum atomic E-state index is -3.74. The van der Waals surface area contributed by atoms with Crippen molar-refractivity contribution >= 4 is 15.9 Å². The van der Waals surface area contributed by atoms with Crippen molar-refractivity contribution in [3.8, 4) is 0 Å². The van der Waals surface area contributed by atoms with Crippen molar-refractivity contribution in [2.24, 2.45) is 7.05 Å². The largest absolute Gasteiger partial charge is 0.394 e. The van der Waals surface area contributed by atoms with Crippen LogP contribution in [0.15, 0.2) is 17.2 Å². The molecule has 0 bridgehead atoms. The molecule has 2 N–H and O–H groups in total. The quantitative estimate of drug-likeness (QED) is 0.795. The van der Waals surface area contributed by atoms with E-state index < -0.39 is 15.6 Å². The molecule has 1 saturated carbocycles. The predicted molar refractivity (Wildman–Crippen MR) is 77.4 cm³/mol. The average molecular weight is 315 g/mol. The number of sulfonamides is 1. The maximum atomic E-state index is 12.7. The molecule has 7 nitrogen and oxygen atoms in total. The topological polar surface area (TPSA) is 91.6 Å². The predicted octanol–water partition coefficient (Wildman–Crippen LogP) is -0.0798. The van der Waals surface area contributed by atoms with Crippen LogP contribution in [0.25, 0.3) is 0 Å². The van der Waals surface area contributed by atoms with Crippen LogP contribution >= 0.6 is 0 Å². The Morgan fingerprint density at radius 2 is 2.14 bits per heavy atom. The van der Waals surface area contributed by atoms with Crippen molar-refractivity contribution in [3.63, 3.8) is 0 Å². The number of carbonyl (C=O) groups excluding carboxylic acids is 1. The van der Waals surface area contributed by atoms with Crippen molar-refractivity contribution in [1.82, 2.24) is 14.2 Å². The van der Waals surface area contributed by atoms with Crippen LogP contribution in [0.4, 0.5) is 0 Å². The minimum absolute atomic E-state index is 0.0609.